The topological polar surface area (TPSA) is 131 Å². The van der Waals surface area contributed by atoms with E-state index in [2.05, 4.69) is 20.6 Å². The normalized spacial score (nSPS) is 21.1. The molecule has 10 heteroatoms. The molecule has 2 aliphatic heterocycles. The Morgan fingerprint density at radius 3 is 2.68 bits per heavy atom. The Balaban J connectivity index is 1.78. The molecule has 0 radical (unpaired) electrons. The molecule has 2 aliphatic rings. The number of carbonyl (C=O) groups excluding carboxylic acids is 1. The molecule has 1 aromatic rings. The molecule has 0 saturated carbocycles. The van der Waals surface area contributed by atoms with Crippen LogP contribution in [0.4, 0.5) is 11.6 Å². The van der Waals surface area contributed by atoms with E-state index in [0.717, 1.165) is 32.5 Å². The Bertz CT molecular complexity index is 591. The van der Waals surface area contributed by atoms with Gasteiger partial charge in [0.25, 0.3) is 0 Å². The fraction of sp³-hybridized carbons (Fsp3) is 0.583. The number of anilines is 2. The standard InChI is InChI=1S/C12H18ClN7O2/c13-8-10(15)19-9(14)7(18-8)11(21)22-20-6-17-5-12(20)1-3-16-4-2-12/h16-17H,1-6H2,(H4,14,15,19). The second-order valence-corrected chi connectivity index (χ2v) is 5.81. The van der Waals surface area contributed by atoms with Gasteiger partial charge in [-0.25, -0.2) is 14.8 Å². The van der Waals surface area contributed by atoms with Crippen molar-refractivity contribution in [2.24, 2.45) is 0 Å². The summed E-state index contributed by atoms with van der Waals surface area (Å²) in [5.74, 6) is -0.805. The number of hydroxylamine groups is 2. The first-order valence-corrected chi connectivity index (χ1v) is 7.39. The molecule has 3 heterocycles. The van der Waals surface area contributed by atoms with Crippen molar-refractivity contribution in [1.29, 1.82) is 0 Å². The third-order valence-electron chi connectivity index (χ3n) is 4.06. The number of nitrogens with one attached hydrogen (secondary N) is 2. The van der Waals surface area contributed by atoms with Crippen molar-refractivity contribution in [3.8, 4) is 0 Å². The predicted molar refractivity (Wildman–Crippen MR) is 80.8 cm³/mol. The maximum Gasteiger partial charge on any atom is 0.379 e. The molecule has 2 fully saturated rings. The maximum absolute atomic E-state index is 12.3. The summed E-state index contributed by atoms with van der Waals surface area (Å²) >= 11 is 5.79. The molecule has 6 N–H and O–H groups in total. The van der Waals surface area contributed by atoms with E-state index >= 15 is 0 Å². The van der Waals surface area contributed by atoms with Crippen LogP contribution in [-0.2, 0) is 4.84 Å². The number of hydrogen-bond donors (Lipinski definition) is 4. The first kappa shape index (κ1) is 15.2. The lowest BCUT2D eigenvalue weighted by Crippen LogP contribution is -2.53. The summed E-state index contributed by atoms with van der Waals surface area (Å²) in [6.07, 6.45) is 1.77. The minimum Gasteiger partial charge on any atom is -0.382 e. The zero-order valence-electron chi connectivity index (χ0n) is 11.9. The summed E-state index contributed by atoms with van der Waals surface area (Å²) < 4.78 is 0. The monoisotopic (exact) mass is 327 g/mol. The van der Waals surface area contributed by atoms with Crippen LogP contribution in [0.1, 0.15) is 23.3 Å². The van der Waals surface area contributed by atoms with Gasteiger partial charge in [-0.15, -0.1) is 5.06 Å². The predicted octanol–water partition coefficient (Wildman–Crippen LogP) is -0.649. The number of rotatable bonds is 2. The molecular weight excluding hydrogens is 310 g/mol. The van der Waals surface area contributed by atoms with Gasteiger partial charge in [-0.1, -0.05) is 11.6 Å². The van der Waals surface area contributed by atoms with E-state index in [9.17, 15) is 4.79 Å². The van der Waals surface area contributed by atoms with Crippen molar-refractivity contribution >= 4 is 29.2 Å². The van der Waals surface area contributed by atoms with Gasteiger partial charge in [-0.3, -0.25) is 5.32 Å². The number of carbonyl (C=O) groups is 1. The number of piperidine rings is 1. The van der Waals surface area contributed by atoms with Gasteiger partial charge < -0.3 is 21.6 Å². The summed E-state index contributed by atoms with van der Waals surface area (Å²) in [4.78, 5) is 25.5. The van der Waals surface area contributed by atoms with Gasteiger partial charge in [0, 0.05) is 6.54 Å². The fourth-order valence-electron chi connectivity index (χ4n) is 2.83. The molecule has 0 aliphatic carbocycles. The number of aromatic nitrogens is 2. The minimum absolute atomic E-state index is 0.0200. The van der Waals surface area contributed by atoms with Crippen molar-refractivity contribution in [2.75, 3.05) is 37.8 Å². The van der Waals surface area contributed by atoms with Gasteiger partial charge in [0.2, 0.25) is 0 Å². The van der Waals surface area contributed by atoms with Crippen LogP contribution in [0.2, 0.25) is 5.15 Å². The van der Waals surface area contributed by atoms with Crippen molar-refractivity contribution in [1.82, 2.24) is 25.7 Å². The SMILES string of the molecule is Nc1nc(N)c(C(=O)ON2CNCC23CCNCC3)nc1Cl. The van der Waals surface area contributed by atoms with E-state index in [-0.39, 0.29) is 28.0 Å². The maximum atomic E-state index is 12.3. The van der Waals surface area contributed by atoms with Crippen LogP contribution in [-0.4, -0.2) is 52.8 Å². The van der Waals surface area contributed by atoms with E-state index in [1.54, 1.807) is 5.06 Å². The summed E-state index contributed by atoms with van der Waals surface area (Å²) in [5.41, 5.74) is 10.9. The molecule has 1 spiro atoms. The van der Waals surface area contributed by atoms with Crippen molar-refractivity contribution in [3.05, 3.63) is 10.8 Å². The van der Waals surface area contributed by atoms with E-state index in [1.807, 2.05) is 0 Å². The summed E-state index contributed by atoms with van der Waals surface area (Å²) in [7, 11) is 0. The Morgan fingerprint density at radius 2 is 1.95 bits per heavy atom. The number of hydrogen-bond acceptors (Lipinski definition) is 9. The zero-order valence-corrected chi connectivity index (χ0v) is 12.7. The van der Waals surface area contributed by atoms with Crippen LogP contribution in [0.25, 0.3) is 0 Å². The second-order valence-electron chi connectivity index (χ2n) is 5.45. The molecule has 1 aromatic heterocycles. The van der Waals surface area contributed by atoms with Crippen LogP contribution in [0, 0.1) is 0 Å². The van der Waals surface area contributed by atoms with E-state index in [0.29, 0.717) is 6.67 Å². The van der Waals surface area contributed by atoms with Crippen molar-refractivity contribution in [3.63, 3.8) is 0 Å². The third-order valence-corrected chi connectivity index (χ3v) is 4.34. The van der Waals surface area contributed by atoms with E-state index in [1.165, 1.54) is 0 Å². The molecule has 120 valence electrons. The highest BCUT2D eigenvalue weighted by atomic mass is 35.5. The Hall–Kier alpha value is -1.68. The quantitative estimate of drug-likeness (QED) is 0.559. The lowest BCUT2D eigenvalue weighted by molar-refractivity contribution is -0.162. The third kappa shape index (κ3) is 2.68. The molecule has 0 atom stereocenters. The smallest absolute Gasteiger partial charge is 0.379 e. The lowest BCUT2D eigenvalue weighted by atomic mass is 9.89. The molecule has 2 saturated heterocycles. The molecule has 0 aromatic carbocycles. The van der Waals surface area contributed by atoms with Crippen LogP contribution in [0.5, 0.6) is 0 Å². The van der Waals surface area contributed by atoms with Crippen LogP contribution < -0.4 is 22.1 Å². The summed E-state index contributed by atoms with van der Waals surface area (Å²) in [5, 5.41) is 8.12. The Labute approximate surface area is 132 Å². The first-order chi connectivity index (χ1) is 10.5. The zero-order chi connectivity index (χ0) is 15.7. The number of nitrogens with two attached hydrogens (primary N) is 2. The van der Waals surface area contributed by atoms with Crippen molar-refractivity contribution in [2.45, 2.75) is 18.4 Å². The molecule has 3 rings (SSSR count). The highest BCUT2D eigenvalue weighted by molar-refractivity contribution is 6.31. The molecule has 0 unspecified atom stereocenters. The molecule has 22 heavy (non-hydrogen) atoms. The average Bonchev–Trinajstić information content (AvgIpc) is 2.86. The number of halogens is 1. The Kier molecular flexibility index (Phi) is 4.04. The average molecular weight is 328 g/mol. The van der Waals surface area contributed by atoms with Gasteiger partial charge in [0.15, 0.2) is 22.5 Å². The van der Waals surface area contributed by atoms with Crippen molar-refractivity contribution < 1.29 is 9.63 Å². The van der Waals surface area contributed by atoms with Crippen LogP contribution in [0.3, 0.4) is 0 Å². The van der Waals surface area contributed by atoms with Gasteiger partial charge in [0.1, 0.15) is 0 Å². The number of nitrogens with zero attached hydrogens (tertiary/aromatic N) is 3. The Morgan fingerprint density at radius 1 is 1.23 bits per heavy atom. The largest absolute Gasteiger partial charge is 0.382 e. The highest BCUT2D eigenvalue weighted by Crippen LogP contribution is 2.30. The van der Waals surface area contributed by atoms with E-state index < -0.39 is 5.97 Å². The van der Waals surface area contributed by atoms with Crippen LogP contribution in [0.15, 0.2) is 0 Å². The number of nitrogen functional groups attached to an aromatic ring is 2. The van der Waals surface area contributed by atoms with Gasteiger partial charge in [0.05, 0.1) is 12.2 Å². The first-order valence-electron chi connectivity index (χ1n) is 7.02. The van der Waals surface area contributed by atoms with Gasteiger partial charge in [-0.2, -0.15) is 0 Å². The molecule has 0 bridgehead atoms. The van der Waals surface area contributed by atoms with Crippen LogP contribution >= 0.6 is 11.6 Å². The fourth-order valence-corrected chi connectivity index (χ4v) is 2.96. The summed E-state index contributed by atoms with van der Waals surface area (Å²) in [6.45, 7) is 2.99. The van der Waals surface area contributed by atoms with Gasteiger partial charge in [-0.05, 0) is 25.9 Å². The lowest BCUT2D eigenvalue weighted by Gasteiger charge is -2.38. The highest BCUT2D eigenvalue weighted by Gasteiger charge is 2.44. The van der Waals surface area contributed by atoms with E-state index in [4.69, 9.17) is 27.9 Å². The van der Waals surface area contributed by atoms with Gasteiger partial charge >= 0.3 is 5.97 Å². The molecular formula is C12H18ClN7O2. The molecule has 0 amide bonds. The molecule has 9 nitrogen and oxygen atoms in total. The minimum atomic E-state index is -0.687. The summed E-state index contributed by atoms with van der Waals surface area (Å²) in [6, 6.07) is 0. The second kappa shape index (κ2) is 5.84.